The van der Waals surface area contributed by atoms with Gasteiger partial charge in [-0.3, -0.25) is 4.79 Å². The van der Waals surface area contributed by atoms with E-state index in [0.717, 1.165) is 31.7 Å². The summed E-state index contributed by atoms with van der Waals surface area (Å²) in [5.74, 6) is 1.96. The molecule has 0 radical (unpaired) electrons. The third kappa shape index (κ3) is 2.10. The SMILES string of the molecule is CCNC1(C)CC2CC(C)C(=O)C(C2)C1. The highest BCUT2D eigenvalue weighted by molar-refractivity contribution is 5.84. The molecule has 2 aliphatic carbocycles. The Morgan fingerprint density at radius 2 is 2.13 bits per heavy atom. The Balaban J connectivity index is 2.11. The zero-order valence-corrected chi connectivity index (χ0v) is 10.2. The number of Topliss-reactive ketones (excluding diaryl/α,β-unsaturated/α-hetero) is 1. The third-order valence-corrected chi connectivity index (χ3v) is 4.23. The summed E-state index contributed by atoms with van der Waals surface area (Å²) in [6.07, 6.45) is 4.59. The van der Waals surface area contributed by atoms with Gasteiger partial charge in [-0.2, -0.15) is 0 Å². The minimum absolute atomic E-state index is 0.220. The molecule has 2 heteroatoms. The van der Waals surface area contributed by atoms with E-state index in [-0.39, 0.29) is 5.54 Å². The van der Waals surface area contributed by atoms with Crippen LogP contribution in [-0.4, -0.2) is 17.9 Å². The van der Waals surface area contributed by atoms with Crippen LogP contribution in [0.4, 0.5) is 0 Å². The summed E-state index contributed by atoms with van der Waals surface area (Å²) in [4.78, 5) is 12.0. The highest BCUT2D eigenvalue weighted by Gasteiger charge is 2.44. The maximum atomic E-state index is 12.0. The minimum atomic E-state index is 0.220. The van der Waals surface area contributed by atoms with Crippen molar-refractivity contribution in [1.82, 2.24) is 5.32 Å². The number of carbonyl (C=O) groups is 1. The first-order valence-corrected chi connectivity index (χ1v) is 6.33. The molecule has 2 fully saturated rings. The number of carbonyl (C=O) groups excluding carboxylic acids is 1. The molecule has 0 heterocycles. The molecule has 2 nitrogen and oxygen atoms in total. The molecule has 2 aliphatic rings. The van der Waals surface area contributed by atoms with E-state index in [1.54, 1.807) is 0 Å². The summed E-state index contributed by atoms with van der Waals surface area (Å²) in [5, 5.41) is 3.57. The Hall–Kier alpha value is -0.370. The molecule has 2 saturated carbocycles. The molecule has 15 heavy (non-hydrogen) atoms. The lowest BCUT2D eigenvalue weighted by molar-refractivity contribution is -0.133. The molecule has 1 N–H and O–H groups in total. The highest BCUT2D eigenvalue weighted by atomic mass is 16.1. The Morgan fingerprint density at radius 1 is 1.40 bits per heavy atom. The summed E-state index contributed by atoms with van der Waals surface area (Å²) in [7, 11) is 0. The number of fused-ring (bicyclic) bond motifs is 2. The first-order chi connectivity index (χ1) is 7.04. The fourth-order valence-electron chi connectivity index (χ4n) is 3.82. The lowest BCUT2D eigenvalue weighted by Gasteiger charge is -2.46. The van der Waals surface area contributed by atoms with Gasteiger partial charge >= 0.3 is 0 Å². The van der Waals surface area contributed by atoms with E-state index in [9.17, 15) is 4.79 Å². The van der Waals surface area contributed by atoms with Gasteiger partial charge in [-0.25, -0.2) is 0 Å². The monoisotopic (exact) mass is 209 g/mol. The number of rotatable bonds is 2. The van der Waals surface area contributed by atoms with Crippen LogP contribution in [0.3, 0.4) is 0 Å². The van der Waals surface area contributed by atoms with E-state index in [4.69, 9.17) is 0 Å². The van der Waals surface area contributed by atoms with Crippen LogP contribution in [-0.2, 0) is 4.79 Å². The average Bonchev–Trinajstić information content (AvgIpc) is 2.13. The molecule has 0 spiro atoms. The largest absolute Gasteiger partial charge is 0.312 e. The number of hydrogen-bond donors (Lipinski definition) is 1. The smallest absolute Gasteiger partial charge is 0.138 e. The number of nitrogens with one attached hydrogen (secondary N) is 1. The van der Waals surface area contributed by atoms with E-state index < -0.39 is 0 Å². The molecule has 0 aromatic heterocycles. The fraction of sp³-hybridized carbons (Fsp3) is 0.923. The van der Waals surface area contributed by atoms with Gasteiger partial charge in [0.1, 0.15) is 5.78 Å². The van der Waals surface area contributed by atoms with E-state index in [1.165, 1.54) is 6.42 Å². The van der Waals surface area contributed by atoms with Crippen molar-refractivity contribution >= 4 is 5.78 Å². The highest BCUT2D eigenvalue weighted by Crippen LogP contribution is 2.44. The minimum Gasteiger partial charge on any atom is -0.312 e. The van der Waals surface area contributed by atoms with Crippen molar-refractivity contribution in [2.45, 2.75) is 52.0 Å². The Morgan fingerprint density at radius 3 is 2.80 bits per heavy atom. The number of ketones is 1. The van der Waals surface area contributed by atoms with E-state index in [2.05, 4.69) is 26.1 Å². The van der Waals surface area contributed by atoms with Crippen LogP contribution in [0.15, 0.2) is 0 Å². The van der Waals surface area contributed by atoms with Gasteiger partial charge in [0.15, 0.2) is 0 Å². The molecule has 86 valence electrons. The molecule has 0 aromatic rings. The topological polar surface area (TPSA) is 29.1 Å². The second-order valence-electron chi connectivity index (χ2n) is 5.84. The summed E-state index contributed by atoms with van der Waals surface area (Å²) >= 11 is 0. The molecule has 4 unspecified atom stereocenters. The molecular weight excluding hydrogens is 186 g/mol. The normalized spacial score (nSPS) is 45.5. The summed E-state index contributed by atoms with van der Waals surface area (Å²) in [6, 6.07) is 0. The lowest BCUT2D eigenvalue weighted by atomic mass is 9.62. The second kappa shape index (κ2) is 3.89. The molecule has 4 atom stereocenters. The van der Waals surface area contributed by atoms with Crippen molar-refractivity contribution < 1.29 is 4.79 Å². The standard InChI is InChI=1S/C13H23NO/c1-4-14-13(3)7-10-5-9(2)12(15)11(6-10)8-13/h9-11,14H,4-8H2,1-3H3. The predicted octanol–water partition coefficient (Wildman–Crippen LogP) is 2.38. The van der Waals surface area contributed by atoms with Crippen LogP contribution in [0.5, 0.6) is 0 Å². The van der Waals surface area contributed by atoms with Crippen molar-refractivity contribution in [3.05, 3.63) is 0 Å². The van der Waals surface area contributed by atoms with Crippen LogP contribution < -0.4 is 5.32 Å². The first kappa shape index (κ1) is 11.1. The summed E-state index contributed by atoms with van der Waals surface area (Å²) in [6.45, 7) is 7.57. The second-order valence-corrected chi connectivity index (χ2v) is 5.84. The van der Waals surface area contributed by atoms with Gasteiger partial charge in [0.2, 0.25) is 0 Å². The van der Waals surface area contributed by atoms with Gasteiger partial charge < -0.3 is 5.32 Å². The molecular formula is C13H23NO. The predicted molar refractivity (Wildman–Crippen MR) is 61.7 cm³/mol. The van der Waals surface area contributed by atoms with Crippen LogP contribution in [0.2, 0.25) is 0 Å². The third-order valence-electron chi connectivity index (χ3n) is 4.23. The van der Waals surface area contributed by atoms with E-state index >= 15 is 0 Å². The maximum Gasteiger partial charge on any atom is 0.138 e. The van der Waals surface area contributed by atoms with Crippen molar-refractivity contribution in [3.8, 4) is 0 Å². The van der Waals surface area contributed by atoms with Gasteiger partial charge in [-0.05, 0) is 45.1 Å². The number of hydrogen-bond acceptors (Lipinski definition) is 2. The molecule has 2 bridgehead atoms. The van der Waals surface area contributed by atoms with Crippen LogP contribution in [0.1, 0.15) is 46.5 Å². The van der Waals surface area contributed by atoms with Gasteiger partial charge in [-0.1, -0.05) is 13.8 Å². The summed E-state index contributed by atoms with van der Waals surface area (Å²) in [5.41, 5.74) is 0.220. The van der Waals surface area contributed by atoms with E-state index in [1.807, 2.05) is 0 Å². The van der Waals surface area contributed by atoms with Crippen LogP contribution in [0, 0.1) is 17.8 Å². The molecule has 0 aliphatic heterocycles. The van der Waals surface area contributed by atoms with Crippen LogP contribution >= 0.6 is 0 Å². The first-order valence-electron chi connectivity index (χ1n) is 6.33. The van der Waals surface area contributed by atoms with Crippen molar-refractivity contribution in [1.29, 1.82) is 0 Å². The Kier molecular flexibility index (Phi) is 2.89. The molecule has 0 saturated heterocycles. The van der Waals surface area contributed by atoms with Crippen molar-refractivity contribution in [2.75, 3.05) is 6.54 Å². The Labute approximate surface area is 92.8 Å². The quantitative estimate of drug-likeness (QED) is 0.756. The molecule has 2 rings (SSSR count). The van der Waals surface area contributed by atoms with Crippen LogP contribution in [0.25, 0.3) is 0 Å². The van der Waals surface area contributed by atoms with Gasteiger partial charge in [0, 0.05) is 17.4 Å². The summed E-state index contributed by atoms with van der Waals surface area (Å²) < 4.78 is 0. The average molecular weight is 209 g/mol. The Bertz CT molecular complexity index is 261. The van der Waals surface area contributed by atoms with Gasteiger partial charge in [-0.15, -0.1) is 0 Å². The van der Waals surface area contributed by atoms with Gasteiger partial charge in [0.05, 0.1) is 0 Å². The maximum absolute atomic E-state index is 12.0. The molecule has 0 aromatic carbocycles. The van der Waals surface area contributed by atoms with E-state index in [0.29, 0.717) is 17.6 Å². The van der Waals surface area contributed by atoms with Gasteiger partial charge in [0.25, 0.3) is 0 Å². The molecule has 0 amide bonds. The lowest BCUT2D eigenvalue weighted by Crippen LogP contribution is -2.52. The zero-order valence-electron chi connectivity index (χ0n) is 10.2. The zero-order chi connectivity index (χ0) is 11.1. The van der Waals surface area contributed by atoms with Crippen molar-refractivity contribution in [3.63, 3.8) is 0 Å². The fourth-order valence-corrected chi connectivity index (χ4v) is 3.82. The van der Waals surface area contributed by atoms with Crippen molar-refractivity contribution in [2.24, 2.45) is 17.8 Å².